The predicted octanol–water partition coefficient (Wildman–Crippen LogP) is -4.66. The number of rotatable bonds is 0. The first-order valence-corrected chi connectivity index (χ1v) is 1.49. The van der Waals surface area contributed by atoms with Gasteiger partial charge in [0.15, 0.2) is 0 Å². The number of carbonyl (C=O) groups is 1. The molecule has 0 aliphatic heterocycles. The Hall–Kier alpha value is 0.430. The topological polar surface area (TPSA) is 66.1 Å². The molecule has 2 N–H and O–H groups in total. The molecule has 0 rings (SSSR count). The fraction of sp³-hybridized carbons (Fsp3) is 0.667. The van der Waals surface area contributed by atoms with Crippen molar-refractivity contribution in [3.8, 4) is 0 Å². The summed E-state index contributed by atoms with van der Waals surface area (Å²) in [6.45, 7) is 0.972. The summed E-state index contributed by atoms with van der Waals surface area (Å²) in [5, 5.41) is 8.89. The third kappa shape index (κ3) is 682. The van der Waals surface area contributed by atoms with Gasteiger partial charge in [0.2, 0.25) is 0 Å². The number of carboxylic acid groups (broad SMARTS) is 1. The van der Waals surface area contributed by atoms with Crippen molar-refractivity contribution in [1.82, 2.24) is 0 Å². The van der Waals surface area contributed by atoms with Crippen molar-refractivity contribution in [1.29, 1.82) is 0 Å². The van der Waals surface area contributed by atoms with E-state index in [4.69, 9.17) is 9.90 Å². The fourth-order valence-electron chi connectivity index (χ4n) is 0. The molecule has 38 valence electrons. The predicted molar refractivity (Wildman–Crippen MR) is 20.8 cm³/mol. The normalized spacial score (nSPS) is 4.43. The van der Waals surface area contributed by atoms with Gasteiger partial charge in [0.25, 0.3) is 0 Å². The van der Waals surface area contributed by atoms with Crippen molar-refractivity contribution >= 4 is 5.97 Å². The van der Waals surface area contributed by atoms with Crippen molar-refractivity contribution in [3.05, 3.63) is 0 Å². The SMILES string of the molecule is CC(=O)[O-].CN.[Na+]. The Balaban J connectivity index is -0.0000000480. The van der Waals surface area contributed by atoms with Crippen molar-refractivity contribution in [2.75, 3.05) is 7.05 Å². The number of aliphatic carboxylic acids is 1. The van der Waals surface area contributed by atoms with E-state index in [-0.39, 0.29) is 29.6 Å². The summed E-state index contributed by atoms with van der Waals surface area (Å²) in [6, 6.07) is 0. The van der Waals surface area contributed by atoms with Crippen molar-refractivity contribution in [3.63, 3.8) is 0 Å². The van der Waals surface area contributed by atoms with E-state index < -0.39 is 5.97 Å². The van der Waals surface area contributed by atoms with Crippen LogP contribution in [0.25, 0.3) is 0 Å². The second kappa shape index (κ2) is 16.1. The molecule has 0 atom stereocenters. The van der Waals surface area contributed by atoms with E-state index in [0.717, 1.165) is 6.92 Å². The summed E-state index contributed by atoms with van der Waals surface area (Å²) >= 11 is 0. The largest absolute Gasteiger partial charge is 1.00 e. The monoisotopic (exact) mass is 113 g/mol. The number of nitrogens with two attached hydrogens (primary N) is 1. The van der Waals surface area contributed by atoms with Crippen LogP contribution in [-0.2, 0) is 4.79 Å². The zero-order chi connectivity index (χ0) is 5.58. The van der Waals surface area contributed by atoms with Crippen molar-refractivity contribution in [2.45, 2.75) is 6.92 Å². The van der Waals surface area contributed by atoms with Crippen LogP contribution in [0.3, 0.4) is 0 Å². The van der Waals surface area contributed by atoms with Gasteiger partial charge in [0.05, 0.1) is 0 Å². The molecule has 0 aliphatic carbocycles. The minimum absolute atomic E-state index is 0. The van der Waals surface area contributed by atoms with E-state index in [0.29, 0.717) is 0 Å². The summed E-state index contributed by atoms with van der Waals surface area (Å²) in [5.74, 6) is -1.08. The summed E-state index contributed by atoms with van der Waals surface area (Å²) < 4.78 is 0. The van der Waals surface area contributed by atoms with Gasteiger partial charge in [0, 0.05) is 5.97 Å². The molecule has 0 aromatic heterocycles. The van der Waals surface area contributed by atoms with Gasteiger partial charge in [-0.2, -0.15) is 0 Å². The van der Waals surface area contributed by atoms with Crippen LogP contribution in [0.5, 0.6) is 0 Å². The van der Waals surface area contributed by atoms with Gasteiger partial charge in [-0.3, -0.25) is 0 Å². The first kappa shape index (κ1) is 15.7. The quantitative estimate of drug-likeness (QED) is 0.321. The van der Waals surface area contributed by atoms with Crippen LogP contribution in [-0.4, -0.2) is 13.0 Å². The molecular weight excluding hydrogens is 105 g/mol. The summed E-state index contributed by atoms with van der Waals surface area (Å²) in [6.07, 6.45) is 0. The molecule has 0 unspecified atom stereocenters. The zero-order valence-corrected chi connectivity index (χ0v) is 6.89. The molecule has 3 nitrogen and oxygen atoms in total. The Morgan fingerprint density at radius 1 is 1.57 bits per heavy atom. The summed E-state index contributed by atoms with van der Waals surface area (Å²) in [4.78, 5) is 8.89. The summed E-state index contributed by atoms with van der Waals surface area (Å²) in [7, 11) is 1.50. The number of carboxylic acids is 1. The number of hydrogen-bond donors (Lipinski definition) is 1. The van der Waals surface area contributed by atoms with E-state index in [9.17, 15) is 0 Å². The maximum absolute atomic E-state index is 8.89. The second-order valence-corrected chi connectivity index (χ2v) is 0.492. The van der Waals surface area contributed by atoms with Crippen LogP contribution in [0.4, 0.5) is 0 Å². The first-order chi connectivity index (χ1) is 2.73. The molecule has 0 aromatic carbocycles. The van der Waals surface area contributed by atoms with Crippen LogP contribution < -0.4 is 40.4 Å². The van der Waals surface area contributed by atoms with Crippen LogP contribution in [0.1, 0.15) is 6.92 Å². The van der Waals surface area contributed by atoms with Gasteiger partial charge in [-0.05, 0) is 14.0 Å². The Morgan fingerprint density at radius 3 is 1.57 bits per heavy atom. The molecular formula is C3H8NNaO2. The minimum atomic E-state index is -1.08. The molecule has 0 heterocycles. The average Bonchev–Trinajstić information content (AvgIpc) is 1.41. The van der Waals surface area contributed by atoms with E-state index in [1.807, 2.05) is 0 Å². The van der Waals surface area contributed by atoms with Crippen LogP contribution in [0, 0.1) is 0 Å². The molecule has 0 amide bonds. The van der Waals surface area contributed by atoms with E-state index in [2.05, 4.69) is 5.73 Å². The van der Waals surface area contributed by atoms with Gasteiger partial charge in [-0.1, -0.05) is 0 Å². The molecule has 0 aliphatic rings. The van der Waals surface area contributed by atoms with Crippen LogP contribution >= 0.6 is 0 Å². The molecule has 0 radical (unpaired) electrons. The molecule has 7 heavy (non-hydrogen) atoms. The van der Waals surface area contributed by atoms with Crippen LogP contribution in [0.2, 0.25) is 0 Å². The van der Waals surface area contributed by atoms with Crippen molar-refractivity contribution < 1.29 is 39.5 Å². The molecule has 0 fully saturated rings. The van der Waals surface area contributed by atoms with Gasteiger partial charge in [0.1, 0.15) is 0 Å². The Morgan fingerprint density at radius 2 is 1.57 bits per heavy atom. The molecule has 0 aromatic rings. The molecule has 4 heteroatoms. The number of carbonyl (C=O) groups excluding carboxylic acids is 1. The van der Waals surface area contributed by atoms with Gasteiger partial charge < -0.3 is 15.6 Å². The first-order valence-electron chi connectivity index (χ1n) is 1.49. The van der Waals surface area contributed by atoms with E-state index in [1.165, 1.54) is 7.05 Å². The standard InChI is InChI=1S/C2H4O2.CH5N.Na/c1-2(3)4;1-2;/h1H3,(H,3,4);2H2,1H3;/q;;+1/p-1. The maximum Gasteiger partial charge on any atom is 1.00 e. The maximum atomic E-state index is 8.89. The van der Waals surface area contributed by atoms with E-state index in [1.54, 1.807) is 0 Å². The smallest absolute Gasteiger partial charge is 0.550 e. The molecule has 0 bridgehead atoms. The Labute approximate surface area is 65.2 Å². The van der Waals surface area contributed by atoms with Gasteiger partial charge >= 0.3 is 29.6 Å². The van der Waals surface area contributed by atoms with Crippen molar-refractivity contribution in [2.24, 2.45) is 5.73 Å². The van der Waals surface area contributed by atoms with E-state index >= 15 is 0 Å². The third-order valence-electron chi connectivity index (χ3n) is 0. The number of hydrogen-bond acceptors (Lipinski definition) is 3. The fourth-order valence-corrected chi connectivity index (χ4v) is 0. The molecule has 0 saturated carbocycles. The average molecular weight is 113 g/mol. The second-order valence-electron chi connectivity index (χ2n) is 0.492. The molecule has 0 saturated heterocycles. The van der Waals surface area contributed by atoms with Gasteiger partial charge in [-0.25, -0.2) is 0 Å². The third-order valence-corrected chi connectivity index (χ3v) is 0. The summed E-state index contributed by atoms with van der Waals surface area (Å²) in [5.41, 5.74) is 4.50. The minimum Gasteiger partial charge on any atom is -0.550 e. The molecule has 0 spiro atoms. The van der Waals surface area contributed by atoms with Gasteiger partial charge in [-0.15, -0.1) is 0 Å². The Bertz CT molecular complexity index is 35.9. The van der Waals surface area contributed by atoms with Crippen LogP contribution in [0.15, 0.2) is 0 Å². The zero-order valence-electron chi connectivity index (χ0n) is 4.89. The Kier molecular flexibility index (Phi) is 36.0.